The molecule has 0 aliphatic carbocycles. The average molecular weight is 935 g/mol. The largest absolute Gasteiger partial charge is 2.00 e. The number of carboxylic acid groups (broad SMARTS) is 4. The Morgan fingerprint density at radius 3 is 1.06 bits per heavy atom. The van der Waals surface area contributed by atoms with Crippen LogP contribution in [0.5, 0.6) is 0 Å². The van der Waals surface area contributed by atoms with E-state index in [2.05, 4.69) is 10.6 Å². The van der Waals surface area contributed by atoms with Crippen molar-refractivity contribution in [2.24, 2.45) is 5.73 Å². The monoisotopic (exact) mass is 934 g/mol. The van der Waals surface area contributed by atoms with Crippen molar-refractivity contribution >= 4 is 91.2 Å². The molecule has 0 heterocycles. The number of aliphatic carboxylic acids is 4. The molecule has 62 heavy (non-hydrogen) atoms. The van der Waals surface area contributed by atoms with Gasteiger partial charge in [-0.05, 0) is 57.9 Å². The summed E-state index contributed by atoms with van der Waals surface area (Å²) < 4.78 is 0. The van der Waals surface area contributed by atoms with Crippen LogP contribution in [0.4, 0.5) is 0 Å². The van der Waals surface area contributed by atoms with Crippen LogP contribution in [0, 0.1) is 0 Å². The number of carbonyl (C=O) groups is 9. The first kappa shape index (κ1) is 69.3. The summed E-state index contributed by atoms with van der Waals surface area (Å²) in [5, 5.41) is 77.7. The molecule has 340 valence electrons. The molecule has 0 radical (unpaired) electrons. The molecular formula is C35H60CaN8Na2O16. The summed E-state index contributed by atoms with van der Waals surface area (Å²) in [5.41, 5.74) is 5.39. The van der Waals surface area contributed by atoms with Crippen LogP contribution in [0.25, 0.3) is 0 Å². The zero-order chi connectivity index (χ0) is 45.2. The van der Waals surface area contributed by atoms with Crippen LogP contribution in [0.3, 0.4) is 0 Å². The van der Waals surface area contributed by atoms with Crippen molar-refractivity contribution in [3.63, 3.8) is 0 Å². The van der Waals surface area contributed by atoms with Crippen LogP contribution in [0.1, 0.15) is 90.4 Å². The molecule has 0 saturated heterocycles. The third kappa shape index (κ3) is 44.8. The molecule has 0 unspecified atom stereocenters. The van der Waals surface area contributed by atoms with Gasteiger partial charge in [0, 0.05) is 105 Å². The van der Waals surface area contributed by atoms with Crippen molar-refractivity contribution < 1.29 is 138 Å². The number of unbranched alkanes of at least 4 members (excludes halogenated alkanes) is 6. The molecule has 0 aromatic heterocycles. The standard InChI is InChI=1S/C25H48N6O8.C10H16N2O8.Ca.2Na/c1-21(32)29(37)18-9-3-6-16-27-22(33)12-14-25(36)31(39)20-10-4-7-17-28-23(34)11-13-24(35)30(38)19-8-2-5-15-26;13-7(14)3-11(4-8(15)16)1-2-12(5-9(17)18)6-10(19)20;;;/h37-39H,2-20,26H2,1H3,(H,27,33)(H,28,34);1-6H2,(H,13,14)(H,15,16)(H,17,18)(H,19,20);;;/q;;+2;2*+1/p-4. The van der Waals surface area contributed by atoms with E-state index >= 15 is 0 Å². The van der Waals surface area contributed by atoms with Gasteiger partial charge < -0.3 is 56.0 Å². The molecule has 0 fully saturated rings. The number of rotatable bonds is 34. The van der Waals surface area contributed by atoms with Crippen molar-refractivity contribution in [2.45, 2.75) is 90.4 Å². The number of hydroxylamine groups is 6. The van der Waals surface area contributed by atoms with E-state index in [-0.39, 0.29) is 167 Å². The van der Waals surface area contributed by atoms with Crippen LogP contribution in [0.2, 0.25) is 0 Å². The molecule has 0 aromatic rings. The average Bonchev–Trinajstić information content (AvgIpc) is 3.15. The molecular weight excluding hydrogens is 874 g/mol. The Morgan fingerprint density at radius 1 is 0.468 bits per heavy atom. The maximum Gasteiger partial charge on any atom is 2.00 e. The second-order valence-corrected chi connectivity index (χ2v) is 13.3. The maximum absolute atomic E-state index is 12.0. The Morgan fingerprint density at radius 2 is 0.774 bits per heavy atom. The zero-order valence-electron chi connectivity index (χ0n) is 36.3. The van der Waals surface area contributed by atoms with Crippen molar-refractivity contribution in [3.05, 3.63) is 0 Å². The van der Waals surface area contributed by atoms with E-state index in [0.29, 0.717) is 73.3 Å². The first-order chi connectivity index (χ1) is 27.8. The van der Waals surface area contributed by atoms with Gasteiger partial charge in [-0.3, -0.25) is 49.4 Å². The van der Waals surface area contributed by atoms with Gasteiger partial charge >= 0.3 is 96.9 Å². The minimum Gasteiger partial charge on any atom is -0.549 e. The third-order valence-electron chi connectivity index (χ3n) is 8.03. The molecule has 0 bridgehead atoms. The number of carbonyl (C=O) groups excluding carboxylic acids is 9. The summed E-state index contributed by atoms with van der Waals surface area (Å²) in [5.74, 6) is -8.17. The number of amides is 5. The van der Waals surface area contributed by atoms with E-state index in [1.807, 2.05) is 0 Å². The Hall–Kier alpha value is -1.75. The molecule has 7 N–H and O–H groups in total. The summed E-state index contributed by atoms with van der Waals surface area (Å²) >= 11 is 0. The van der Waals surface area contributed by atoms with Crippen LogP contribution >= 0.6 is 0 Å². The SMILES string of the molecule is CC(=O)N(O)CCCCCNC(=O)CCC(=O)N(O)CCCCCNC(=O)CCC(=O)N(O)CCCCCN.O=C([O-])CN(CCN(CC(=O)[O-])CC(=O)[O-])CC(=O)[O-].[Ca+2].[Na+].[Na+]. The number of hydrogen-bond donors (Lipinski definition) is 6. The number of nitrogens with two attached hydrogens (primary N) is 1. The Balaban J connectivity index is -0.000000400. The minimum atomic E-state index is -1.53. The van der Waals surface area contributed by atoms with Crippen LogP contribution in [0.15, 0.2) is 0 Å². The van der Waals surface area contributed by atoms with Gasteiger partial charge in [0.1, 0.15) is 0 Å². The van der Waals surface area contributed by atoms with Gasteiger partial charge in [-0.25, -0.2) is 15.2 Å². The number of nitrogens with zero attached hydrogens (tertiary/aromatic N) is 5. The molecule has 0 saturated carbocycles. The van der Waals surface area contributed by atoms with Crippen molar-refractivity contribution in [3.8, 4) is 0 Å². The summed E-state index contributed by atoms with van der Waals surface area (Å²) in [6, 6.07) is 0. The van der Waals surface area contributed by atoms with Crippen molar-refractivity contribution in [1.82, 2.24) is 35.6 Å². The van der Waals surface area contributed by atoms with Gasteiger partial charge in [0.05, 0.1) is 23.9 Å². The molecule has 0 spiro atoms. The predicted molar refractivity (Wildman–Crippen MR) is 200 cm³/mol. The number of nitrogens with one attached hydrogen (secondary N) is 2. The number of carboxylic acids is 4. The van der Waals surface area contributed by atoms with Crippen LogP contribution in [-0.2, 0) is 43.2 Å². The van der Waals surface area contributed by atoms with Gasteiger partial charge in [-0.1, -0.05) is 6.42 Å². The van der Waals surface area contributed by atoms with Crippen molar-refractivity contribution in [2.75, 3.05) is 78.5 Å². The van der Waals surface area contributed by atoms with Gasteiger partial charge in [0.15, 0.2) is 0 Å². The minimum absolute atomic E-state index is 0. The molecule has 24 nitrogen and oxygen atoms in total. The molecule has 0 atom stereocenters. The molecule has 0 aromatic carbocycles. The Labute approximate surface area is 435 Å². The predicted octanol–water partition coefficient (Wildman–Crippen LogP) is -12.9. The third-order valence-corrected chi connectivity index (χ3v) is 8.03. The molecule has 0 aliphatic heterocycles. The molecule has 0 rings (SSSR count). The van der Waals surface area contributed by atoms with E-state index in [0.717, 1.165) is 29.1 Å². The second kappa shape index (κ2) is 44.5. The Bertz CT molecular complexity index is 1260. The van der Waals surface area contributed by atoms with E-state index in [1.165, 1.54) is 6.92 Å². The van der Waals surface area contributed by atoms with Crippen LogP contribution < -0.4 is 95.9 Å². The van der Waals surface area contributed by atoms with Gasteiger partial charge in [0.2, 0.25) is 29.5 Å². The first-order valence-corrected chi connectivity index (χ1v) is 19.2. The summed E-state index contributed by atoms with van der Waals surface area (Å²) in [7, 11) is 0. The smallest absolute Gasteiger partial charge is 0.549 e. The molecule has 0 aliphatic rings. The fourth-order valence-corrected chi connectivity index (χ4v) is 4.89. The number of hydrogen-bond acceptors (Lipinski definition) is 19. The second-order valence-electron chi connectivity index (χ2n) is 13.3. The fraction of sp³-hybridized carbons (Fsp3) is 0.743. The molecule has 27 heteroatoms. The van der Waals surface area contributed by atoms with E-state index < -0.39 is 67.8 Å². The quantitative estimate of drug-likeness (QED) is 0.0151. The van der Waals surface area contributed by atoms with E-state index in [1.54, 1.807) is 0 Å². The topological polar surface area (TPSA) is 373 Å². The molecule has 5 amide bonds. The van der Waals surface area contributed by atoms with Crippen molar-refractivity contribution in [1.29, 1.82) is 0 Å². The van der Waals surface area contributed by atoms with Gasteiger partial charge in [-0.2, -0.15) is 0 Å². The fourth-order valence-electron chi connectivity index (χ4n) is 4.89. The van der Waals surface area contributed by atoms with Gasteiger partial charge in [0.25, 0.3) is 0 Å². The van der Waals surface area contributed by atoms with E-state index in [4.69, 9.17) is 5.73 Å². The van der Waals surface area contributed by atoms with Crippen LogP contribution in [-0.4, -0.2) is 210 Å². The van der Waals surface area contributed by atoms with Gasteiger partial charge in [-0.15, -0.1) is 0 Å². The maximum atomic E-state index is 12.0. The first-order valence-electron chi connectivity index (χ1n) is 19.2. The van der Waals surface area contributed by atoms with E-state index in [9.17, 15) is 79.2 Å². The summed E-state index contributed by atoms with van der Waals surface area (Å²) in [6.07, 6.45) is 5.84. The Kier molecular flexibility index (Phi) is 49.7. The zero-order valence-corrected chi connectivity index (χ0v) is 42.6. The summed E-state index contributed by atoms with van der Waals surface area (Å²) in [4.78, 5) is 102. The normalized spacial score (nSPS) is 10.1. The summed E-state index contributed by atoms with van der Waals surface area (Å²) in [6.45, 7) is -0.0322.